The van der Waals surface area contributed by atoms with Crippen molar-refractivity contribution in [2.45, 2.75) is 19.4 Å². The van der Waals surface area contributed by atoms with Crippen LogP contribution in [0.5, 0.6) is 0 Å². The molecule has 0 aromatic heterocycles. The fourth-order valence-corrected chi connectivity index (χ4v) is 2.44. The maximum atomic E-state index is 13.0. The summed E-state index contributed by atoms with van der Waals surface area (Å²) >= 11 is 0. The van der Waals surface area contributed by atoms with Gasteiger partial charge in [-0.25, -0.2) is 4.39 Å². The number of anilines is 2. The van der Waals surface area contributed by atoms with Gasteiger partial charge in [0.2, 0.25) is 5.91 Å². The summed E-state index contributed by atoms with van der Waals surface area (Å²) in [6.45, 7) is 1.77. The van der Waals surface area contributed by atoms with E-state index in [4.69, 9.17) is 0 Å². The number of amides is 1. The molecule has 1 heterocycles. The molecule has 3 nitrogen and oxygen atoms in total. The van der Waals surface area contributed by atoms with Crippen LogP contribution in [0.1, 0.15) is 11.1 Å². The van der Waals surface area contributed by atoms with E-state index in [2.05, 4.69) is 10.6 Å². The lowest BCUT2D eigenvalue weighted by molar-refractivity contribution is -0.116. The van der Waals surface area contributed by atoms with E-state index in [9.17, 15) is 9.18 Å². The highest BCUT2D eigenvalue weighted by Crippen LogP contribution is 2.26. The molecule has 0 fully saturated rings. The Morgan fingerprint density at radius 2 is 2.10 bits per heavy atom. The van der Waals surface area contributed by atoms with Crippen LogP contribution < -0.4 is 10.6 Å². The van der Waals surface area contributed by atoms with Gasteiger partial charge in [0.05, 0.1) is 0 Å². The summed E-state index contributed by atoms with van der Waals surface area (Å²) in [4.78, 5) is 12.3. The summed E-state index contributed by atoms with van der Waals surface area (Å²) in [5.41, 5.74) is 3.51. The van der Waals surface area contributed by atoms with Gasteiger partial charge >= 0.3 is 0 Å². The smallest absolute Gasteiger partial charge is 0.247 e. The summed E-state index contributed by atoms with van der Waals surface area (Å²) in [7, 11) is 0. The van der Waals surface area contributed by atoms with E-state index in [1.807, 2.05) is 24.3 Å². The van der Waals surface area contributed by atoms with Crippen molar-refractivity contribution < 1.29 is 9.18 Å². The lowest BCUT2D eigenvalue weighted by Crippen LogP contribution is -2.33. The normalized spacial score (nSPS) is 16.4. The Balaban J connectivity index is 1.72. The van der Waals surface area contributed by atoms with Crippen molar-refractivity contribution in [3.8, 4) is 0 Å². The number of benzene rings is 2. The second-order valence-corrected chi connectivity index (χ2v) is 5.01. The van der Waals surface area contributed by atoms with Crippen molar-refractivity contribution in [1.29, 1.82) is 0 Å². The van der Waals surface area contributed by atoms with Crippen molar-refractivity contribution in [1.82, 2.24) is 0 Å². The molecule has 2 aromatic rings. The summed E-state index contributed by atoms with van der Waals surface area (Å²) in [5, 5.41) is 6.05. The number of fused-ring (bicyclic) bond motifs is 1. The van der Waals surface area contributed by atoms with Gasteiger partial charge in [-0.05, 0) is 42.3 Å². The Labute approximate surface area is 116 Å². The highest BCUT2D eigenvalue weighted by Gasteiger charge is 2.26. The lowest BCUT2D eigenvalue weighted by atomic mass is 10.1. The van der Waals surface area contributed by atoms with E-state index in [0.717, 1.165) is 11.3 Å². The van der Waals surface area contributed by atoms with Gasteiger partial charge in [0.1, 0.15) is 11.9 Å². The van der Waals surface area contributed by atoms with Gasteiger partial charge < -0.3 is 10.6 Å². The topological polar surface area (TPSA) is 41.1 Å². The predicted molar refractivity (Wildman–Crippen MR) is 77.3 cm³/mol. The third-order valence-corrected chi connectivity index (χ3v) is 3.53. The molecule has 0 spiro atoms. The predicted octanol–water partition coefficient (Wildman–Crippen LogP) is 3.11. The largest absolute Gasteiger partial charge is 0.373 e. The van der Waals surface area contributed by atoms with Crippen molar-refractivity contribution in [3.05, 3.63) is 59.4 Å². The Bertz CT molecular complexity index is 644. The van der Waals surface area contributed by atoms with Gasteiger partial charge in [-0.15, -0.1) is 0 Å². The fourth-order valence-electron chi connectivity index (χ4n) is 2.44. The molecule has 0 saturated carbocycles. The molecule has 2 aromatic carbocycles. The molecule has 0 bridgehead atoms. The van der Waals surface area contributed by atoms with Crippen molar-refractivity contribution >= 4 is 17.3 Å². The van der Waals surface area contributed by atoms with Crippen LogP contribution in [0.25, 0.3) is 0 Å². The first-order valence-corrected chi connectivity index (χ1v) is 6.55. The minimum atomic E-state index is -0.299. The van der Waals surface area contributed by atoms with Crippen LogP contribution in [0.4, 0.5) is 15.8 Å². The zero-order valence-corrected chi connectivity index (χ0v) is 11.1. The van der Waals surface area contributed by atoms with Gasteiger partial charge in [0.15, 0.2) is 0 Å². The Hall–Kier alpha value is -2.36. The second-order valence-electron chi connectivity index (χ2n) is 5.01. The van der Waals surface area contributed by atoms with Gasteiger partial charge in [-0.1, -0.05) is 18.2 Å². The lowest BCUT2D eigenvalue weighted by Gasteiger charge is -2.13. The molecule has 0 radical (unpaired) electrons. The van der Waals surface area contributed by atoms with Gasteiger partial charge in [0, 0.05) is 17.8 Å². The molecule has 0 unspecified atom stereocenters. The van der Waals surface area contributed by atoms with Gasteiger partial charge in [0.25, 0.3) is 0 Å². The average Bonchev–Trinajstić information content (AvgIpc) is 2.86. The Morgan fingerprint density at radius 1 is 1.30 bits per heavy atom. The molecule has 20 heavy (non-hydrogen) atoms. The van der Waals surface area contributed by atoms with E-state index in [1.54, 1.807) is 13.0 Å². The first kappa shape index (κ1) is 12.7. The molecule has 3 rings (SSSR count). The van der Waals surface area contributed by atoms with Crippen LogP contribution in [-0.2, 0) is 11.2 Å². The van der Waals surface area contributed by atoms with E-state index < -0.39 is 0 Å². The minimum absolute atomic E-state index is 0.101. The van der Waals surface area contributed by atoms with Crippen LogP contribution in [-0.4, -0.2) is 11.9 Å². The molecule has 102 valence electrons. The highest BCUT2D eigenvalue weighted by molar-refractivity contribution is 5.98. The summed E-state index contributed by atoms with van der Waals surface area (Å²) < 4.78 is 13.0. The zero-order chi connectivity index (χ0) is 14.1. The van der Waals surface area contributed by atoms with Crippen molar-refractivity contribution in [3.63, 3.8) is 0 Å². The molecule has 0 saturated heterocycles. The quantitative estimate of drug-likeness (QED) is 0.880. The van der Waals surface area contributed by atoms with E-state index in [1.165, 1.54) is 12.1 Å². The zero-order valence-electron chi connectivity index (χ0n) is 11.1. The Kier molecular flexibility index (Phi) is 3.14. The van der Waals surface area contributed by atoms with Gasteiger partial charge in [-0.2, -0.15) is 0 Å². The number of aryl methyl sites for hydroxylation is 1. The van der Waals surface area contributed by atoms with Crippen LogP contribution in [0.2, 0.25) is 0 Å². The first-order valence-electron chi connectivity index (χ1n) is 6.55. The van der Waals surface area contributed by atoms with Gasteiger partial charge in [-0.3, -0.25) is 4.79 Å². The standard InChI is InChI=1S/C16H15FN2O/c1-10-8-12(17)6-7-13(10)19-16(20)15-9-11-4-2-3-5-14(11)18-15/h2-8,15,18H,9H2,1H3,(H,19,20)/t15-/m0/s1. The number of carbonyl (C=O) groups is 1. The maximum Gasteiger partial charge on any atom is 0.247 e. The summed E-state index contributed by atoms with van der Waals surface area (Å²) in [5.74, 6) is -0.400. The highest BCUT2D eigenvalue weighted by atomic mass is 19.1. The molecule has 1 atom stereocenters. The number of halogens is 1. The third kappa shape index (κ3) is 2.37. The maximum absolute atomic E-state index is 13.0. The number of para-hydroxylation sites is 1. The van der Waals surface area contributed by atoms with E-state index in [-0.39, 0.29) is 17.8 Å². The van der Waals surface area contributed by atoms with Crippen LogP contribution in [0.15, 0.2) is 42.5 Å². The van der Waals surface area contributed by atoms with Crippen molar-refractivity contribution in [2.75, 3.05) is 10.6 Å². The molecule has 2 N–H and O–H groups in total. The monoisotopic (exact) mass is 270 g/mol. The SMILES string of the molecule is Cc1cc(F)ccc1NC(=O)[C@@H]1Cc2ccccc2N1. The van der Waals surface area contributed by atoms with Crippen LogP contribution in [0.3, 0.4) is 0 Å². The molecule has 1 aliphatic heterocycles. The average molecular weight is 270 g/mol. The number of rotatable bonds is 2. The van der Waals surface area contributed by atoms with E-state index >= 15 is 0 Å². The number of carbonyl (C=O) groups excluding carboxylic acids is 1. The first-order chi connectivity index (χ1) is 9.63. The molecular weight excluding hydrogens is 255 g/mol. The number of hydrogen-bond donors (Lipinski definition) is 2. The number of nitrogens with one attached hydrogen (secondary N) is 2. The Morgan fingerprint density at radius 3 is 2.85 bits per heavy atom. The second kappa shape index (κ2) is 4.96. The molecule has 1 amide bonds. The summed E-state index contributed by atoms with van der Waals surface area (Å²) in [6.07, 6.45) is 0.669. The molecule has 0 aliphatic carbocycles. The molecule has 4 heteroatoms. The molecule has 1 aliphatic rings. The third-order valence-electron chi connectivity index (χ3n) is 3.53. The van der Waals surface area contributed by atoms with Crippen LogP contribution >= 0.6 is 0 Å². The number of hydrogen-bond acceptors (Lipinski definition) is 2. The van der Waals surface area contributed by atoms with Crippen molar-refractivity contribution in [2.24, 2.45) is 0 Å². The van der Waals surface area contributed by atoms with E-state index in [0.29, 0.717) is 17.7 Å². The summed E-state index contributed by atoms with van der Waals surface area (Å²) in [6, 6.07) is 11.9. The fraction of sp³-hybridized carbons (Fsp3) is 0.188. The van der Waals surface area contributed by atoms with Crippen LogP contribution in [0, 0.1) is 12.7 Å². The molecular formula is C16H15FN2O. The minimum Gasteiger partial charge on any atom is -0.373 e.